The largest absolute Gasteiger partial charge is 0.497 e. The van der Waals surface area contributed by atoms with E-state index in [0.717, 1.165) is 17.2 Å². The number of nitrogens with zero attached hydrogens (tertiary/aromatic N) is 4. The average Bonchev–Trinajstić information content (AvgIpc) is 3.16. The first-order chi connectivity index (χ1) is 13.1. The quantitative estimate of drug-likeness (QED) is 0.435. The number of ketones is 1. The second-order valence-electron chi connectivity index (χ2n) is 5.65. The third-order valence-corrected chi connectivity index (χ3v) is 4.89. The Bertz CT molecular complexity index is 894. The minimum absolute atomic E-state index is 0.00679. The fourth-order valence-corrected chi connectivity index (χ4v) is 3.35. The zero-order chi connectivity index (χ0) is 19.2. The summed E-state index contributed by atoms with van der Waals surface area (Å²) in [6.07, 6.45) is 0. The monoisotopic (exact) mass is 384 g/mol. The predicted molar refractivity (Wildman–Crippen MR) is 103 cm³/mol. The second-order valence-corrected chi connectivity index (χ2v) is 6.96. The first-order valence-corrected chi connectivity index (χ1v) is 9.37. The molecule has 7 nitrogen and oxygen atoms in total. The number of tetrazole rings is 1. The first-order valence-electron chi connectivity index (χ1n) is 8.49. The highest BCUT2D eigenvalue weighted by atomic mass is 32.2. The zero-order valence-corrected chi connectivity index (χ0v) is 16.1. The summed E-state index contributed by atoms with van der Waals surface area (Å²) in [6.45, 7) is 4.36. The zero-order valence-electron chi connectivity index (χ0n) is 15.3. The van der Waals surface area contributed by atoms with Crippen molar-refractivity contribution < 1.29 is 14.3 Å². The lowest BCUT2D eigenvalue weighted by Gasteiger charge is -2.11. The van der Waals surface area contributed by atoms with Crippen molar-refractivity contribution in [3.8, 4) is 17.2 Å². The normalized spacial score (nSPS) is 11.8. The summed E-state index contributed by atoms with van der Waals surface area (Å²) in [6, 6.07) is 14.5. The molecule has 1 heterocycles. The molecule has 0 amide bonds. The molecule has 0 aliphatic heterocycles. The fraction of sp³-hybridized carbons (Fsp3) is 0.263. The smallest absolute Gasteiger partial charge is 0.214 e. The minimum Gasteiger partial charge on any atom is -0.497 e. The summed E-state index contributed by atoms with van der Waals surface area (Å²) in [5, 5.41) is 12.0. The number of hydrogen-bond acceptors (Lipinski definition) is 7. The van der Waals surface area contributed by atoms with E-state index in [4.69, 9.17) is 9.47 Å². The molecule has 0 bridgehead atoms. The molecule has 0 spiro atoms. The van der Waals surface area contributed by atoms with Crippen LogP contribution in [0.2, 0.25) is 0 Å². The van der Waals surface area contributed by atoms with E-state index in [1.165, 1.54) is 11.8 Å². The van der Waals surface area contributed by atoms with Crippen LogP contribution in [0.15, 0.2) is 53.7 Å². The highest BCUT2D eigenvalue weighted by molar-refractivity contribution is 8.00. The maximum atomic E-state index is 12.7. The van der Waals surface area contributed by atoms with E-state index in [1.807, 2.05) is 38.1 Å². The maximum absolute atomic E-state index is 12.7. The molecule has 0 aliphatic carbocycles. The topological polar surface area (TPSA) is 79.1 Å². The molecule has 1 aromatic heterocycles. The molecule has 0 radical (unpaired) electrons. The van der Waals surface area contributed by atoms with Gasteiger partial charge in [-0.1, -0.05) is 11.8 Å². The highest BCUT2D eigenvalue weighted by Crippen LogP contribution is 2.26. The molecule has 3 aromatic rings. The van der Waals surface area contributed by atoms with E-state index in [-0.39, 0.29) is 11.0 Å². The third kappa shape index (κ3) is 4.46. The molecule has 0 unspecified atom stereocenters. The van der Waals surface area contributed by atoms with E-state index < -0.39 is 0 Å². The van der Waals surface area contributed by atoms with Crippen LogP contribution in [0.1, 0.15) is 24.2 Å². The Morgan fingerprint density at radius 3 is 2.41 bits per heavy atom. The molecule has 1 atom stereocenters. The molecule has 8 heteroatoms. The van der Waals surface area contributed by atoms with Crippen molar-refractivity contribution in [1.29, 1.82) is 0 Å². The Morgan fingerprint density at radius 1 is 1.11 bits per heavy atom. The summed E-state index contributed by atoms with van der Waals surface area (Å²) >= 11 is 1.31. The van der Waals surface area contributed by atoms with Gasteiger partial charge in [0.1, 0.15) is 11.5 Å². The number of thioether (sulfide) groups is 1. The van der Waals surface area contributed by atoms with Gasteiger partial charge in [0.2, 0.25) is 5.16 Å². The summed E-state index contributed by atoms with van der Waals surface area (Å²) in [4.78, 5) is 12.7. The molecule has 2 aromatic carbocycles. The standard InChI is InChI=1S/C19H20N4O3S/c1-4-26-17-9-5-14(6-10-17)18(24)13(2)27-19-20-21-22-23(19)15-7-11-16(25-3)12-8-15/h5-13H,4H2,1-3H3/t13-/m0/s1. The molecule has 27 heavy (non-hydrogen) atoms. The van der Waals surface area contributed by atoms with Crippen LogP contribution < -0.4 is 9.47 Å². The highest BCUT2D eigenvalue weighted by Gasteiger charge is 2.20. The van der Waals surface area contributed by atoms with E-state index in [9.17, 15) is 4.79 Å². The number of benzene rings is 2. The molecular formula is C19H20N4O3S. The van der Waals surface area contributed by atoms with Crippen molar-refractivity contribution in [1.82, 2.24) is 20.2 Å². The van der Waals surface area contributed by atoms with Gasteiger partial charge in [-0.3, -0.25) is 4.79 Å². The van der Waals surface area contributed by atoms with Gasteiger partial charge in [-0.2, -0.15) is 4.68 Å². The number of carbonyl (C=O) groups is 1. The van der Waals surface area contributed by atoms with Gasteiger partial charge in [0.15, 0.2) is 5.78 Å². The van der Waals surface area contributed by atoms with Gasteiger partial charge in [0.05, 0.1) is 24.7 Å². The molecule has 0 N–H and O–H groups in total. The Balaban J connectivity index is 1.73. The maximum Gasteiger partial charge on any atom is 0.214 e. The van der Waals surface area contributed by atoms with Crippen LogP contribution in [-0.4, -0.2) is 45.0 Å². The van der Waals surface area contributed by atoms with Gasteiger partial charge in [-0.05, 0) is 72.8 Å². The summed E-state index contributed by atoms with van der Waals surface area (Å²) < 4.78 is 12.2. The van der Waals surface area contributed by atoms with Crippen LogP contribution >= 0.6 is 11.8 Å². The van der Waals surface area contributed by atoms with Crippen molar-refractivity contribution in [3.05, 3.63) is 54.1 Å². The lowest BCUT2D eigenvalue weighted by Crippen LogP contribution is -2.14. The van der Waals surface area contributed by atoms with Crippen molar-refractivity contribution in [2.45, 2.75) is 24.3 Å². The van der Waals surface area contributed by atoms with Gasteiger partial charge >= 0.3 is 0 Å². The van der Waals surface area contributed by atoms with E-state index in [0.29, 0.717) is 17.3 Å². The van der Waals surface area contributed by atoms with Crippen LogP contribution in [0.4, 0.5) is 0 Å². The van der Waals surface area contributed by atoms with Crippen LogP contribution in [0.5, 0.6) is 11.5 Å². The SMILES string of the molecule is CCOc1ccc(C(=O)[C@H](C)Sc2nnnn2-c2ccc(OC)cc2)cc1. The third-order valence-electron chi connectivity index (χ3n) is 3.86. The van der Waals surface area contributed by atoms with Gasteiger partial charge in [-0.15, -0.1) is 5.10 Å². The number of aromatic nitrogens is 4. The van der Waals surface area contributed by atoms with Crippen LogP contribution in [0.3, 0.4) is 0 Å². The Hall–Kier alpha value is -2.87. The lowest BCUT2D eigenvalue weighted by molar-refractivity contribution is 0.0994. The second kappa shape index (κ2) is 8.68. The van der Waals surface area contributed by atoms with E-state index in [2.05, 4.69) is 15.5 Å². The van der Waals surface area contributed by atoms with Gasteiger partial charge in [0, 0.05) is 5.56 Å². The Labute approximate surface area is 161 Å². The van der Waals surface area contributed by atoms with Crippen molar-refractivity contribution in [3.63, 3.8) is 0 Å². The molecule has 0 aliphatic rings. The molecule has 140 valence electrons. The van der Waals surface area contributed by atoms with Gasteiger partial charge in [0.25, 0.3) is 0 Å². The number of Topliss-reactive ketones (excluding diaryl/α,β-unsaturated/α-hetero) is 1. The first kappa shape index (κ1) is 18.9. The Kier molecular flexibility index (Phi) is 6.08. The average molecular weight is 384 g/mol. The van der Waals surface area contributed by atoms with E-state index in [1.54, 1.807) is 36.1 Å². The molecule has 0 saturated heterocycles. The fourth-order valence-electron chi connectivity index (χ4n) is 2.47. The number of carbonyl (C=O) groups excluding carboxylic acids is 1. The number of ether oxygens (including phenoxy) is 2. The van der Waals surface area contributed by atoms with Crippen molar-refractivity contribution in [2.75, 3.05) is 13.7 Å². The molecule has 0 fully saturated rings. The van der Waals surface area contributed by atoms with Gasteiger partial charge < -0.3 is 9.47 Å². The molecule has 0 saturated carbocycles. The van der Waals surface area contributed by atoms with Crippen molar-refractivity contribution >= 4 is 17.5 Å². The van der Waals surface area contributed by atoms with E-state index >= 15 is 0 Å². The number of methoxy groups -OCH3 is 1. The van der Waals surface area contributed by atoms with Crippen molar-refractivity contribution in [2.24, 2.45) is 0 Å². The van der Waals surface area contributed by atoms with Crippen LogP contribution in [0, 0.1) is 0 Å². The Morgan fingerprint density at radius 2 is 1.78 bits per heavy atom. The molecular weight excluding hydrogens is 364 g/mol. The summed E-state index contributed by atoms with van der Waals surface area (Å²) in [5.74, 6) is 1.50. The van der Waals surface area contributed by atoms with Gasteiger partial charge in [-0.25, -0.2) is 0 Å². The minimum atomic E-state index is -0.342. The number of rotatable bonds is 8. The summed E-state index contributed by atoms with van der Waals surface area (Å²) in [5.41, 5.74) is 1.42. The summed E-state index contributed by atoms with van der Waals surface area (Å²) in [7, 11) is 1.61. The van der Waals surface area contributed by atoms with Crippen LogP contribution in [-0.2, 0) is 0 Å². The molecule has 3 rings (SSSR count). The number of hydrogen-bond donors (Lipinski definition) is 0. The predicted octanol–water partition coefficient (Wildman–Crippen LogP) is 3.43. The van der Waals surface area contributed by atoms with Crippen LogP contribution in [0.25, 0.3) is 5.69 Å². The lowest BCUT2D eigenvalue weighted by atomic mass is 10.1.